The second-order valence-corrected chi connectivity index (χ2v) is 12.3. The van der Waals surface area contributed by atoms with Crippen molar-refractivity contribution in [1.82, 2.24) is 0 Å². The normalized spacial score (nSPS) is 10.4. The second kappa shape index (κ2) is 17.6. The number of unbranched alkanes of at least 4 members (excludes halogenated alkanes) is 1. The first-order valence-corrected chi connectivity index (χ1v) is 13.4. The van der Waals surface area contributed by atoms with E-state index in [-0.39, 0.29) is 21.7 Å². The van der Waals surface area contributed by atoms with E-state index in [1.807, 2.05) is 0 Å². The summed E-state index contributed by atoms with van der Waals surface area (Å²) in [5.41, 5.74) is 0. The van der Waals surface area contributed by atoms with Crippen molar-refractivity contribution in [3.05, 3.63) is 0 Å². The van der Waals surface area contributed by atoms with Gasteiger partial charge in [-0.3, -0.25) is 0 Å². The van der Waals surface area contributed by atoms with Crippen LogP contribution in [0.3, 0.4) is 0 Å². The number of rotatable bonds is 2. The van der Waals surface area contributed by atoms with E-state index in [4.69, 9.17) is 5.11 Å². The maximum Gasteiger partial charge on any atom is 3.00 e. The topological polar surface area (TPSA) is 141 Å². The molecule has 0 heterocycles. The molecular formula is C10H28O7P3Ti. The minimum Gasteiger partial charge on any atom is -0.800 e. The molecule has 11 heteroatoms. The molecule has 129 valence electrons. The Labute approximate surface area is 143 Å². The zero-order valence-electron chi connectivity index (χ0n) is 13.9. The number of aliphatic hydroxyl groups excluding tert-OH is 1. The van der Waals surface area contributed by atoms with Crippen LogP contribution in [0.4, 0.5) is 0 Å². The zero-order chi connectivity index (χ0) is 17.6. The molecule has 0 spiro atoms. The molecule has 0 saturated carbocycles. The number of hydrogen-bond acceptors (Lipinski definition) is 7. The first kappa shape index (κ1) is 33.8. The molecule has 0 fully saturated rings. The van der Waals surface area contributed by atoms with E-state index >= 15 is 0 Å². The molecule has 0 amide bonds. The van der Waals surface area contributed by atoms with Crippen molar-refractivity contribution in [3.8, 4) is 0 Å². The number of aliphatic hydroxyl groups is 1. The fourth-order valence-corrected chi connectivity index (χ4v) is 0.158. The van der Waals surface area contributed by atoms with Crippen LogP contribution in [0.25, 0.3) is 0 Å². The summed E-state index contributed by atoms with van der Waals surface area (Å²) in [5, 5.41) is 8.07. The van der Waals surface area contributed by atoms with Crippen LogP contribution < -0.4 is 14.7 Å². The molecule has 0 aromatic carbocycles. The Kier molecular flexibility index (Phi) is 28.3. The van der Waals surface area contributed by atoms with Gasteiger partial charge in [0, 0.05) is 28.7 Å². The van der Waals surface area contributed by atoms with E-state index in [0.717, 1.165) is 12.8 Å². The molecular weight excluding hydrogens is 373 g/mol. The van der Waals surface area contributed by atoms with E-state index in [0.29, 0.717) is 6.61 Å². The van der Waals surface area contributed by atoms with Gasteiger partial charge in [-0.2, -0.15) is 0 Å². The van der Waals surface area contributed by atoms with Crippen molar-refractivity contribution in [3.63, 3.8) is 0 Å². The average Bonchev–Trinajstić information content (AvgIpc) is 1.94. The summed E-state index contributed by atoms with van der Waals surface area (Å²) in [6.07, 6.45) is 2.04. The van der Waals surface area contributed by atoms with Crippen molar-refractivity contribution >= 4 is 22.1 Å². The summed E-state index contributed by atoms with van der Waals surface area (Å²) < 4.78 is 29.0. The Morgan fingerprint density at radius 2 is 0.905 bits per heavy atom. The van der Waals surface area contributed by atoms with Crippen LogP contribution in [0.5, 0.6) is 0 Å². The van der Waals surface area contributed by atoms with Gasteiger partial charge in [0.05, 0.1) is 0 Å². The molecule has 7 nitrogen and oxygen atoms in total. The summed E-state index contributed by atoms with van der Waals surface area (Å²) in [6.45, 7) is 9.52. The molecule has 0 aliphatic carbocycles. The Bertz CT molecular complexity index is 257. The van der Waals surface area contributed by atoms with Gasteiger partial charge < -0.3 is 33.5 Å². The van der Waals surface area contributed by atoms with Crippen molar-refractivity contribution in [1.29, 1.82) is 0 Å². The van der Waals surface area contributed by atoms with Crippen molar-refractivity contribution in [2.45, 2.75) is 19.8 Å². The fourth-order valence-electron chi connectivity index (χ4n) is 0.158. The molecule has 1 radical (unpaired) electrons. The Hall–Kier alpha value is 1.24. The SMILES string of the molecule is CCCCO.CP(C)(=O)[O-].CP(C)(=O)[O-].CP(C)(=O)[O-].[Ti+3]. The van der Waals surface area contributed by atoms with Gasteiger partial charge in [0.2, 0.25) is 0 Å². The molecule has 1 N–H and O–H groups in total. The number of hydrogen-bond donors (Lipinski definition) is 1. The summed E-state index contributed by atoms with van der Waals surface area (Å²) in [7, 11) is -8.67. The molecule has 0 rings (SSSR count). The van der Waals surface area contributed by atoms with Crippen molar-refractivity contribution < 1.29 is 55.2 Å². The Morgan fingerprint density at radius 3 is 0.905 bits per heavy atom. The summed E-state index contributed by atoms with van der Waals surface area (Å²) in [4.78, 5) is 29.0. The van der Waals surface area contributed by atoms with E-state index in [1.54, 1.807) is 0 Å². The predicted octanol–water partition coefficient (Wildman–Crippen LogP) is 0.429. The summed E-state index contributed by atoms with van der Waals surface area (Å²) in [6, 6.07) is 0. The van der Waals surface area contributed by atoms with Crippen LogP contribution in [-0.4, -0.2) is 51.7 Å². The maximum absolute atomic E-state index is 9.66. The quantitative estimate of drug-likeness (QED) is 0.523. The third-order valence-electron chi connectivity index (χ3n) is 0.512. The van der Waals surface area contributed by atoms with Crippen molar-refractivity contribution in [2.75, 3.05) is 46.6 Å². The predicted molar refractivity (Wildman–Crippen MR) is 80.4 cm³/mol. The van der Waals surface area contributed by atoms with Crippen LogP contribution >= 0.6 is 22.1 Å². The van der Waals surface area contributed by atoms with Gasteiger partial charge in [-0.05, 0) is 46.4 Å². The smallest absolute Gasteiger partial charge is 0.800 e. The largest absolute Gasteiger partial charge is 3.00 e. The molecule has 0 aromatic rings. The molecule has 0 atom stereocenters. The van der Waals surface area contributed by atoms with Gasteiger partial charge in [0.25, 0.3) is 0 Å². The molecule has 0 unspecified atom stereocenters. The van der Waals surface area contributed by atoms with E-state index in [1.165, 1.54) is 40.0 Å². The molecule has 0 aliphatic heterocycles. The first-order chi connectivity index (χ1) is 8.41. The minimum absolute atomic E-state index is 0. The van der Waals surface area contributed by atoms with E-state index in [2.05, 4.69) is 6.92 Å². The van der Waals surface area contributed by atoms with Crippen LogP contribution in [0, 0.1) is 0 Å². The second-order valence-electron chi connectivity index (χ2n) is 4.83. The van der Waals surface area contributed by atoms with Gasteiger partial charge in [0.15, 0.2) is 0 Å². The Morgan fingerprint density at radius 1 is 0.762 bits per heavy atom. The zero-order valence-corrected chi connectivity index (χ0v) is 18.1. The molecule has 0 aliphatic rings. The Balaban J connectivity index is -0.0000000533. The van der Waals surface area contributed by atoms with Crippen LogP contribution in [0.1, 0.15) is 19.8 Å². The monoisotopic (exact) mass is 401 g/mol. The van der Waals surface area contributed by atoms with Crippen molar-refractivity contribution in [2.24, 2.45) is 0 Å². The van der Waals surface area contributed by atoms with Gasteiger partial charge in [-0.15, -0.1) is 0 Å². The van der Waals surface area contributed by atoms with Gasteiger partial charge in [-0.25, -0.2) is 0 Å². The molecule has 0 aromatic heterocycles. The molecule has 0 saturated heterocycles. The first-order valence-electron chi connectivity index (χ1n) is 5.80. The fraction of sp³-hybridized carbons (Fsp3) is 1.00. The van der Waals surface area contributed by atoms with Crippen LogP contribution in [-0.2, 0) is 35.4 Å². The molecule has 0 bridgehead atoms. The average molecular weight is 401 g/mol. The van der Waals surface area contributed by atoms with Crippen LogP contribution in [0.15, 0.2) is 0 Å². The third kappa shape index (κ3) is 747. The summed E-state index contributed by atoms with van der Waals surface area (Å²) >= 11 is 0. The van der Waals surface area contributed by atoms with Gasteiger partial charge in [0.1, 0.15) is 0 Å². The van der Waals surface area contributed by atoms with E-state index < -0.39 is 22.1 Å². The third-order valence-corrected chi connectivity index (χ3v) is 0.512. The van der Waals surface area contributed by atoms with Crippen LogP contribution in [0.2, 0.25) is 0 Å². The van der Waals surface area contributed by atoms with Gasteiger partial charge in [-0.1, -0.05) is 13.3 Å². The maximum atomic E-state index is 9.66. The van der Waals surface area contributed by atoms with E-state index in [9.17, 15) is 28.4 Å². The minimum atomic E-state index is -2.89. The van der Waals surface area contributed by atoms with Gasteiger partial charge >= 0.3 is 21.7 Å². The standard InChI is InChI=1S/C4H10O.3C2H7O2P.Ti/c1-2-3-4-5;3*1-5(2,3)4;/h5H,2-4H2,1H3;3*1-2H3,(H,3,4);/q;;;;+3/p-3. The summed E-state index contributed by atoms with van der Waals surface area (Å²) in [5.74, 6) is 0. The molecule has 21 heavy (non-hydrogen) atoms.